The van der Waals surface area contributed by atoms with Crippen molar-refractivity contribution in [2.75, 3.05) is 53.0 Å². The highest BCUT2D eigenvalue weighted by Gasteiger charge is 2.34. The van der Waals surface area contributed by atoms with Gasteiger partial charge in [0.25, 0.3) is 0 Å². The van der Waals surface area contributed by atoms with Crippen molar-refractivity contribution in [1.29, 1.82) is 0 Å². The molecule has 0 spiro atoms. The van der Waals surface area contributed by atoms with E-state index in [1.54, 1.807) is 0 Å². The van der Waals surface area contributed by atoms with E-state index in [0.717, 1.165) is 39.2 Å². The summed E-state index contributed by atoms with van der Waals surface area (Å²) < 4.78 is 5.38. The van der Waals surface area contributed by atoms with Gasteiger partial charge in [-0.3, -0.25) is 4.90 Å². The van der Waals surface area contributed by atoms with E-state index in [4.69, 9.17) is 4.74 Å². The predicted octanol–water partition coefficient (Wildman–Crippen LogP) is 2.36. The molecule has 0 bridgehead atoms. The monoisotopic (exact) mass is 312 g/mol. The van der Waals surface area contributed by atoms with Crippen molar-refractivity contribution >= 4 is 0 Å². The minimum Gasteiger partial charge on any atom is -0.395 e. The summed E-state index contributed by atoms with van der Waals surface area (Å²) in [5, 5.41) is 9.47. The van der Waals surface area contributed by atoms with Gasteiger partial charge in [0.1, 0.15) is 0 Å². The van der Waals surface area contributed by atoms with E-state index in [2.05, 4.69) is 16.7 Å². The number of aliphatic hydroxyl groups excluding tert-OH is 1. The van der Waals surface area contributed by atoms with Crippen LogP contribution in [0.2, 0.25) is 0 Å². The highest BCUT2D eigenvalue weighted by molar-refractivity contribution is 4.88. The Morgan fingerprint density at radius 2 is 1.77 bits per heavy atom. The van der Waals surface area contributed by atoms with Gasteiger partial charge in [0, 0.05) is 52.5 Å². The number of aliphatic hydroxyl groups is 1. The maximum atomic E-state index is 9.47. The summed E-state index contributed by atoms with van der Waals surface area (Å²) in [7, 11) is 1.83. The Bertz CT molecular complexity index is 293. The lowest BCUT2D eigenvalue weighted by atomic mass is 9.71. The maximum Gasteiger partial charge on any atom is 0.0586 e. The molecule has 1 saturated carbocycles. The average Bonchev–Trinajstić information content (AvgIpc) is 2.56. The molecule has 1 aliphatic heterocycles. The van der Waals surface area contributed by atoms with Gasteiger partial charge >= 0.3 is 0 Å². The van der Waals surface area contributed by atoms with Gasteiger partial charge in [0.2, 0.25) is 0 Å². The molecule has 2 fully saturated rings. The lowest BCUT2D eigenvalue weighted by molar-refractivity contribution is 0.0197. The fraction of sp³-hybridized carbons (Fsp3) is 1.00. The minimum atomic E-state index is 0.300. The third-order valence-electron chi connectivity index (χ3n) is 5.92. The van der Waals surface area contributed by atoms with Gasteiger partial charge in [-0.15, -0.1) is 0 Å². The number of piperazine rings is 1. The first-order valence-corrected chi connectivity index (χ1v) is 9.29. The zero-order chi connectivity index (χ0) is 15.8. The van der Waals surface area contributed by atoms with Crippen LogP contribution in [0.25, 0.3) is 0 Å². The Balaban J connectivity index is 1.84. The van der Waals surface area contributed by atoms with E-state index < -0.39 is 0 Å². The summed E-state index contributed by atoms with van der Waals surface area (Å²) >= 11 is 0. The van der Waals surface area contributed by atoms with Crippen molar-refractivity contribution in [3.05, 3.63) is 0 Å². The van der Waals surface area contributed by atoms with Gasteiger partial charge in [0.05, 0.1) is 6.61 Å². The second-order valence-electron chi connectivity index (χ2n) is 7.36. The van der Waals surface area contributed by atoms with E-state index in [0.29, 0.717) is 18.1 Å². The summed E-state index contributed by atoms with van der Waals surface area (Å²) in [5.41, 5.74) is 0.498. The maximum absolute atomic E-state index is 9.47. The molecule has 4 nitrogen and oxygen atoms in total. The second-order valence-corrected chi connectivity index (χ2v) is 7.36. The lowest BCUT2D eigenvalue weighted by Gasteiger charge is -2.45. The van der Waals surface area contributed by atoms with Crippen LogP contribution >= 0.6 is 0 Å². The van der Waals surface area contributed by atoms with Crippen LogP contribution in [0.1, 0.15) is 51.9 Å². The number of ether oxygens (including phenoxy) is 1. The summed E-state index contributed by atoms with van der Waals surface area (Å²) in [6.07, 6.45) is 9.23. The van der Waals surface area contributed by atoms with Crippen LogP contribution in [0.15, 0.2) is 0 Å². The van der Waals surface area contributed by atoms with E-state index in [-0.39, 0.29) is 0 Å². The van der Waals surface area contributed by atoms with Crippen LogP contribution in [0, 0.1) is 5.41 Å². The molecule has 4 heteroatoms. The van der Waals surface area contributed by atoms with Crippen molar-refractivity contribution < 1.29 is 9.84 Å². The second kappa shape index (κ2) is 9.21. The zero-order valence-electron chi connectivity index (χ0n) is 14.7. The van der Waals surface area contributed by atoms with Crippen LogP contribution in [0.3, 0.4) is 0 Å². The summed E-state index contributed by atoms with van der Waals surface area (Å²) in [5.74, 6) is 0. The molecule has 1 aliphatic carbocycles. The fourth-order valence-electron chi connectivity index (χ4n) is 4.37. The van der Waals surface area contributed by atoms with Crippen LogP contribution in [-0.4, -0.2) is 74.0 Å². The van der Waals surface area contributed by atoms with Crippen LogP contribution < -0.4 is 0 Å². The van der Waals surface area contributed by atoms with Crippen molar-refractivity contribution in [2.24, 2.45) is 5.41 Å². The molecule has 0 aromatic rings. The standard InChI is InChI=1S/C18H36N2O2/c1-3-17(15-21)20-12-10-19(11-13-20)16-18(9-14-22-2)7-5-4-6-8-18/h17,21H,3-16H2,1-2H3/t17-/m0/s1. The SMILES string of the molecule is CC[C@@H](CO)N1CCN(CC2(CCOC)CCCCC2)CC1. The number of hydrogen-bond acceptors (Lipinski definition) is 4. The molecule has 130 valence electrons. The third-order valence-corrected chi connectivity index (χ3v) is 5.92. The molecule has 0 aromatic carbocycles. The van der Waals surface area contributed by atoms with E-state index in [1.165, 1.54) is 45.1 Å². The molecule has 0 amide bonds. The molecule has 2 aliphatic rings. The highest BCUT2D eigenvalue weighted by atomic mass is 16.5. The van der Waals surface area contributed by atoms with Gasteiger partial charge in [-0.1, -0.05) is 26.2 Å². The largest absolute Gasteiger partial charge is 0.395 e. The van der Waals surface area contributed by atoms with E-state index in [1.807, 2.05) is 7.11 Å². The predicted molar refractivity (Wildman–Crippen MR) is 91.2 cm³/mol. The summed E-state index contributed by atoms with van der Waals surface area (Å²) in [4.78, 5) is 5.14. The average molecular weight is 312 g/mol. The fourth-order valence-corrected chi connectivity index (χ4v) is 4.37. The Kier molecular flexibility index (Phi) is 7.61. The van der Waals surface area contributed by atoms with Gasteiger partial charge in [-0.2, -0.15) is 0 Å². The molecule has 2 rings (SSSR count). The molecule has 1 atom stereocenters. The summed E-state index contributed by atoms with van der Waals surface area (Å²) in [6.45, 7) is 9.17. The first-order valence-electron chi connectivity index (χ1n) is 9.29. The molecular weight excluding hydrogens is 276 g/mol. The van der Waals surface area contributed by atoms with Crippen molar-refractivity contribution in [2.45, 2.75) is 57.9 Å². The molecule has 0 radical (unpaired) electrons. The summed E-state index contributed by atoms with van der Waals surface area (Å²) in [6, 6.07) is 0.360. The van der Waals surface area contributed by atoms with Crippen molar-refractivity contribution in [1.82, 2.24) is 9.80 Å². The third kappa shape index (κ3) is 4.92. The van der Waals surface area contributed by atoms with E-state index in [9.17, 15) is 5.11 Å². The van der Waals surface area contributed by atoms with E-state index >= 15 is 0 Å². The normalized spacial score (nSPS) is 25.2. The van der Waals surface area contributed by atoms with Gasteiger partial charge < -0.3 is 14.7 Å². The first kappa shape index (κ1) is 18.2. The van der Waals surface area contributed by atoms with Crippen molar-refractivity contribution in [3.63, 3.8) is 0 Å². The molecule has 0 aromatic heterocycles. The van der Waals surface area contributed by atoms with Crippen molar-refractivity contribution in [3.8, 4) is 0 Å². The Morgan fingerprint density at radius 3 is 2.32 bits per heavy atom. The number of rotatable bonds is 8. The quantitative estimate of drug-likeness (QED) is 0.746. The molecule has 1 heterocycles. The minimum absolute atomic E-state index is 0.300. The van der Waals surface area contributed by atoms with Gasteiger partial charge in [0.15, 0.2) is 0 Å². The molecule has 1 saturated heterocycles. The molecule has 1 N–H and O–H groups in total. The Hall–Kier alpha value is -0.160. The lowest BCUT2D eigenvalue weighted by Crippen LogP contribution is -2.53. The number of nitrogens with zero attached hydrogens (tertiary/aromatic N) is 2. The Morgan fingerprint density at radius 1 is 1.09 bits per heavy atom. The van der Waals surface area contributed by atoms with Crippen LogP contribution in [-0.2, 0) is 4.74 Å². The molecule has 0 unspecified atom stereocenters. The van der Waals surface area contributed by atoms with Crippen LogP contribution in [0.5, 0.6) is 0 Å². The highest BCUT2D eigenvalue weighted by Crippen LogP contribution is 2.40. The number of hydrogen-bond donors (Lipinski definition) is 1. The van der Waals surface area contributed by atoms with Gasteiger partial charge in [-0.05, 0) is 31.1 Å². The zero-order valence-corrected chi connectivity index (χ0v) is 14.7. The van der Waals surface area contributed by atoms with Crippen LogP contribution in [0.4, 0.5) is 0 Å². The topological polar surface area (TPSA) is 35.9 Å². The smallest absolute Gasteiger partial charge is 0.0586 e. The first-order chi connectivity index (χ1) is 10.7. The number of methoxy groups -OCH3 is 1. The molecule has 22 heavy (non-hydrogen) atoms. The van der Waals surface area contributed by atoms with Gasteiger partial charge in [-0.25, -0.2) is 0 Å². The molecular formula is C18H36N2O2. The Labute approximate surface area is 136 Å².